The number of nitrogens with one attached hydrogen (secondary N) is 1. The molecule has 3 aromatic carbocycles. The maximum atomic E-state index is 13.6. The van der Waals surface area contributed by atoms with Gasteiger partial charge in [-0.1, -0.05) is 35.9 Å². The molecule has 0 bridgehead atoms. The zero-order valence-electron chi connectivity index (χ0n) is 18.4. The van der Waals surface area contributed by atoms with E-state index in [2.05, 4.69) is 5.32 Å². The summed E-state index contributed by atoms with van der Waals surface area (Å²) in [5.74, 6) is -0.687. The van der Waals surface area contributed by atoms with Gasteiger partial charge in [0.1, 0.15) is 5.82 Å². The molecule has 8 heteroatoms. The summed E-state index contributed by atoms with van der Waals surface area (Å²) < 4.78 is 39.3. The van der Waals surface area contributed by atoms with Crippen LogP contribution in [-0.4, -0.2) is 35.9 Å². The average Bonchev–Trinajstić information content (AvgIpc) is 3.30. The number of aromatic nitrogens is 1. The van der Waals surface area contributed by atoms with Gasteiger partial charge in [-0.05, 0) is 55.8 Å². The molecule has 0 aliphatic carbocycles. The van der Waals surface area contributed by atoms with E-state index in [0.29, 0.717) is 17.0 Å². The summed E-state index contributed by atoms with van der Waals surface area (Å²) in [6.07, 6.45) is 2.30. The molecule has 174 valence electrons. The number of halogens is 2. The predicted octanol–water partition coefficient (Wildman–Crippen LogP) is 5.40. The Morgan fingerprint density at radius 2 is 1.79 bits per heavy atom. The lowest BCUT2D eigenvalue weighted by molar-refractivity contribution is 0.0915. The molecule has 34 heavy (non-hydrogen) atoms. The van der Waals surface area contributed by atoms with E-state index in [0.717, 1.165) is 27.7 Å². The first-order valence-electron chi connectivity index (χ1n) is 10.8. The number of carbonyl (C=O) groups excluding carboxylic acids is 1. The minimum absolute atomic E-state index is 0.0669. The lowest BCUT2D eigenvalue weighted by Crippen LogP contribution is -2.46. The fourth-order valence-electron chi connectivity index (χ4n) is 4.53. The second kappa shape index (κ2) is 8.25. The van der Waals surface area contributed by atoms with Crippen LogP contribution in [-0.2, 0) is 9.84 Å². The van der Waals surface area contributed by atoms with Crippen molar-refractivity contribution in [2.24, 2.45) is 0 Å². The highest BCUT2D eigenvalue weighted by Gasteiger charge is 2.39. The van der Waals surface area contributed by atoms with Crippen molar-refractivity contribution in [2.45, 2.75) is 18.9 Å². The molecule has 1 aliphatic heterocycles. The number of rotatable bonds is 4. The molecule has 5 rings (SSSR count). The van der Waals surface area contributed by atoms with Crippen molar-refractivity contribution in [3.05, 3.63) is 89.3 Å². The summed E-state index contributed by atoms with van der Waals surface area (Å²) in [4.78, 5) is 13.1. The topological polar surface area (TPSA) is 68.2 Å². The Bertz CT molecular complexity index is 1530. The smallest absolute Gasteiger partial charge is 0.251 e. The number of fused-ring (bicyclic) bond motifs is 1. The third kappa shape index (κ3) is 4.21. The van der Waals surface area contributed by atoms with Crippen molar-refractivity contribution >= 4 is 38.2 Å². The van der Waals surface area contributed by atoms with Gasteiger partial charge in [-0.2, -0.15) is 0 Å². The first-order valence-corrected chi connectivity index (χ1v) is 13.0. The normalized spacial score (nSPS) is 19.4. The Balaban J connectivity index is 1.62. The van der Waals surface area contributed by atoms with Gasteiger partial charge in [0, 0.05) is 39.0 Å². The van der Waals surface area contributed by atoms with Gasteiger partial charge < -0.3 is 9.88 Å². The molecule has 1 amide bonds. The third-order valence-corrected chi connectivity index (χ3v) is 8.49. The number of amides is 1. The van der Waals surface area contributed by atoms with Crippen molar-refractivity contribution in [1.29, 1.82) is 0 Å². The molecular weight excluding hydrogens is 475 g/mol. The summed E-state index contributed by atoms with van der Waals surface area (Å²) >= 11 is 6.48. The van der Waals surface area contributed by atoms with Crippen LogP contribution in [0.4, 0.5) is 4.39 Å². The molecule has 1 N–H and O–H groups in total. The summed E-state index contributed by atoms with van der Waals surface area (Å²) in [7, 11) is -3.16. The zero-order chi connectivity index (χ0) is 24.1. The van der Waals surface area contributed by atoms with Crippen molar-refractivity contribution in [3.63, 3.8) is 0 Å². The van der Waals surface area contributed by atoms with E-state index in [1.807, 2.05) is 41.1 Å². The van der Waals surface area contributed by atoms with Gasteiger partial charge in [0.25, 0.3) is 5.91 Å². The monoisotopic (exact) mass is 496 g/mol. The molecule has 0 saturated carbocycles. The Morgan fingerprint density at radius 1 is 1.06 bits per heavy atom. The van der Waals surface area contributed by atoms with Crippen LogP contribution in [0.3, 0.4) is 0 Å². The molecule has 4 aromatic rings. The van der Waals surface area contributed by atoms with E-state index in [1.165, 1.54) is 12.1 Å². The summed E-state index contributed by atoms with van der Waals surface area (Å²) in [6.45, 7) is 1.75. The van der Waals surface area contributed by atoms with Gasteiger partial charge in [0.2, 0.25) is 0 Å². The Hall–Kier alpha value is -3.16. The summed E-state index contributed by atoms with van der Waals surface area (Å²) in [5, 5.41) is 4.38. The summed E-state index contributed by atoms with van der Waals surface area (Å²) in [5.41, 5.74) is 2.81. The number of carbonyl (C=O) groups is 1. The van der Waals surface area contributed by atoms with Crippen LogP contribution in [0.1, 0.15) is 23.7 Å². The molecule has 5 nitrogen and oxygen atoms in total. The van der Waals surface area contributed by atoms with Gasteiger partial charge in [-0.3, -0.25) is 4.79 Å². The second-order valence-electron chi connectivity index (χ2n) is 8.96. The van der Waals surface area contributed by atoms with Gasteiger partial charge >= 0.3 is 0 Å². The van der Waals surface area contributed by atoms with Crippen molar-refractivity contribution in [2.75, 3.05) is 11.5 Å². The van der Waals surface area contributed by atoms with Gasteiger partial charge in [0.15, 0.2) is 9.84 Å². The van der Waals surface area contributed by atoms with Gasteiger partial charge in [-0.25, -0.2) is 12.8 Å². The van der Waals surface area contributed by atoms with Crippen molar-refractivity contribution in [3.8, 4) is 16.8 Å². The quantitative estimate of drug-likeness (QED) is 0.411. The first-order chi connectivity index (χ1) is 16.1. The minimum atomic E-state index is -3.16. The van der Waals surface area contributed by atoms with E-state index < -0.39 is 15.4 Å². The number of nitrogens with zero attached hydrogens (tertiary/aromatic N) is 1. The maximum absolute atomic E-state index is 13.6. The highest BCUT2D eigenvalue weighted by molar-refractivity contribution is 7.91. The molecule has 1 fully saturated rings. The third-order valence-electron chi connectivity index (χ3n) is 6.26. The number of sulfone groups is 1. The van der Waals surface area contributed by atoms with Crippen LogP contribution in [0.15, 0.2) is 72.9 Å². The molecule has 1 saturated heterocycles. The van der Waals surface area contributed by atoms with E-state index in [9.17, 15) is 17.6 Å². The van der Waals surface area contributed by atoms with Crippen molar-refractivity contribution in [1.82, 2.24) is 9.88 Å². The Kier molecular flexibility index (Phi) is 5.49. The molecule has 1 aliphatic rings. The first kappa shape index (κ1) is 22.6. The van der Waals surface area contributed by atoms with Gasteiger partial charge in [0.05, 0.1) is 22.6 Å². The standard InChI is InChI=1S/C26H22ClFN2O3S/c1-26(12-13-34(32,33)16-26)29-25(31)17-6-11-21-22(20-4-2-3-5-23(20)27)15-30(24(21)14-17)19-9-7-18(28)8-10-19/h2-11,14-15H,12-13,16H2,1H3,(H,29,31). The number of hydrogen-bond acceptors (Lipinski definition) is 3. The molecular formula is C26H22ClFN2O3S. The largest absolute Gasteiger partial charge is 0.346 e. The number of benzene rings is 3. The van der Waals surface area contributed by atoms with Crippen LogP contribution in [0, 0.1) is 5.82 Å². The van der Waals surface area contributed by atoms with E-state index in [4.69, 9.17) is 11.6 Å². The molecule has 1 atom stereocenters. The fourth-order valence-corrected chi connectivity index (χ4v) is 6.86. The lowest BCUT2D eigenvalue weighted by Gasteiger charge is -2.24. The van der Waals surface area contributed by atoms with Crippen LogP contribution in [0.2, 0.25) is 5.02 Å². The summed E-state index contributed by atoms with van der Waals surface area (Å²) in [6, 6.07) is 19.0. The fraction of sp³-hybridized carbons (Fsp3) is 0.192. The average molecular weight is 497 g/mol. The van der Waals surface area contributed by atoms with E-state index in [1.54, 1.807) is 31.2 Å². The predicted molar refractivity (Wildman–Crippen MR) is 133 cm³/mol. The molecule has 1 aromatic heterocycles. The minimum Gasteiger partial charge on any atom is -0.346 e. The molecule has 1 unspecified atom stereocenters. The Morgan fingerprint density at radius 3 is 2.47 bits per heavy atom. The Labute approximate surface area is 202 Å². The van der Waals surface area contributed by atoms with Gasteiger partial charge in [-0.15, -0.1) is 0 Å². The molecule has 0 spiro atoms. The maximum Gasteiger partial charge on any atom is 0.251 e. The SMILES string of the molecule is CC1(NC(=O)c2ccc3c(-c4ccccc4Cl)cn(-c4ccc(F)cc4)c3c2)CCS(=O)(=O)C1. The highest BCUT2D eigenvalue weighted by atomic mass is 35.5. The van der Waals surface area contributed by atoms with E-state index >= 15 is 0 Å². The van der Waals surface area contributed by atoms with Crippen LogP contribution < -0.4 is 5.32 Å². The van der Waals surface area contributed by atoms with Crippen LogP contribution in [0.5, 0.6) is 0 Å². The molecule has 2 heterocycles. The second-order valence-corrected chi connectivity index (χ2v) is 11.5. The van der Waals surface area contributed by atoms with Crippen molar-refractivity contribution < 1.29 is 17.6 Å². The molecule has 0 radical (unpaired) electrons. The van der Waals surface area contributed by atoms with Crippen LogP contribution in [0.25, 0.3) is 27.7 Å². The highest BCUT2D eigenvalue weighted by Crippen LogP contribution is 2.37. The van der Waals surface area contributed by atoms with Crippen LogP contribution >= 0.6 is 11.6 Å². The zero-order valence-corrected chi connectivity index (χ0v) is 20.0. The van der Waals surface area contributed by atoms with E-state index in [-0.39, 0.29) is 23.2 Å². The number of hydrogen-bond donors (Lipinski definition) is 1. The lowest BCUT2D eigenvalue weighted by atomic mass is 10.0.